The summed E-state index contributed by atoms with van der Waals surface area (Å²) in [5.74, 6) is -0.748. The number of rotatable bonds is 11. The van der Waals surface area contributed by atoms with Crippen LogP contribution in [0.4, 0.5) is 0 Å². The number of piperazine rings is 1. The van der Waals surface area contributed by atoms with Crippen molar-refractivity contribution in [3.8, 4) is 0 Å². The Bertz CT molecular complexity index is 1010. The number of nitrogens with zero attached hydrogens (tertiary/aromatic N) is 2. The minimum atomic E-state index is -0.570. The number of carbonyl (C=O) groups is 3. The van der Waals surface area contributed by atoms with E-state index < -0.39 is 5.97 Å². The highest BCUT2D eigenvalue weighted by Crippen LogP contribution is 2.23. The average molecular weight is 500 g/mol. The SMILES string of the molecule is COCCNC(=O)CSc1ccccc1C(=O)OCC(=O)N1CCN(Cc2cccc(C)c2)CC1. The molecule has 0 saturated carbocycles. The summed E-state index contributed by atoms with van der Waals surface area (Å²) in [7, 11) is 1.57. The minimum Gasteiger partial charge on any atom is -0.452 e. The van der Waals surface area contributed by atoms with Crippen molar-refractivity contribution in [2.45, 2.75) is 18.4 Å². The highest BCUT2D eigenvalue weighted by molar-refractivity contribution is 8.00. The summed E-state index contributed by atoms with van der Waals surface area (Å²) in [5.41, 5.74) is 2.85. The minimum absolute atomic E-state index is 0.146. The summed E-state index contributed by atoms with van der Waals surface area (Å²) in [6.07, 6.45) is 0. The third-order valence-corrected chi connectivity index (χ3v) is 6.71. The van der Waals surface area contributed by atoms with Crippen LogP contribution in [0.15, 0.2) is 53.4 Å². The quantitative estimate of drug-likeness (QED) is 0.288. The molecule has 1 fully saturated rings. The lowest BCUT2D eigenvalue weighted by Gasteiger charge is -2.34. The molecule has 1 saturated heterocycles. The Labute approximate surface area is 210 Å². The standard InChI is InChI=1S/C26H33N3O5S/c1-20-6-5-7-21(16-20)17-28-11-13-29(14-12-28)25(31)18-34-26(32)22-8-3-4-9-23(22)35-19-24(30)27-10-15-33-2/h3-9,16H,10-15,17-19H2,1-2H3,(H,27,30). The van der Waals surface area contributed by atoms with Crippen LogP contribution in [0.25, 0.3) is 0 Å². The van der Waals surface area contributed by atoms with Gasteiger partial charge in [-0.25, -0.2) is 4.79 Å². The van der Waals surface area contributed by atoms with E-state index >= 15 is 0 Å². The van der Waals surface area contributed by atoms with E-state index in [0.717, 1.165) is 19.6 Å². The fourth-order valence-electron chi connectivity index (χ4n) is 3.77. The molecule has 35 heavy (non-hydrogen) atoms. The number of esters is 1. The first-order valence-electron chi connectivity index (χ1n) is 11.7. The number of benzene rings is 2. The lowest BCUT2D eigenvalue weighted by atomic mass is 10.1. The lowest BCUT2D eigenvalue weighted by Crippen LogP contribution is -2.49. The number of thioether (sulfide) groups is 1. The predicted octanol–water partition coefficient (Wildman–Crippen LogP) is 2.35. The Kier molecular flexibility index (Phi) is 10.6. The zero-order valence-corrected chi connectivity index (χ0v) is 21.1. The van der Waals surface area contributed by atoms with Crippen LogP contribution >= 0.6 is 11.8 Å². The first-order chi connectivity index (χ1) is 17.0. The topological polar surface area (TPSA) is 88.2 Å². The van der Waals surface area contributed by atoms with Crippen molar-refractivity contribution in [1.82, 2.24) is 15.1 Å². The van der Waals surface area contributed by atoms with Gasteiger partial charge in [-0.3, -0.25) is 14.5 Å². The number of nitrogens with one attached hydrogen (secondary N) is 1. The molecule has 2 aromatic rings. The molecule has 2 amide bonds. The molecule has 1 N–H and O–H groups in total. The molecule has 8 nitrogen and oxygen atoms in total. The Morgan fingerprint density at radius 1 is 1.03 bits per heavy atom. The first-order valence-corrected chi connectivity index (χ1v) is 12.6. The van der Waals surface area contributed by atoms with Gasteiger partial charge in [0.15, 0.2) is 6.61 Å². The fraction of sp³-hybridized carbons (Fsp3) is 0.423. The molecular formula is C26H33N3O5S. The molecule has 9 heteroatoms. The molecular weight excluding hydrogens is 466 g/mol. The molecule has 0 atom stereocenters. The number of methoxy groups -OCH3 is 1. The normalized spacial score (nSPS) is 13.9. The lowest BCUT2D eigenvalue weighted by molar-refractivity contribution is -0.136. The smallest absolute Gasteiger partial charge is 0.339 e. The summed E-state index contributed by atoms with van der Waals surface area (Å²) in [4.78, 5) is 41.9. The zero-order valence-electron chi connectivity index (χ0n) is 20.3. The summed E-state index contributed by atoms with van der Waals surface area (Å²) in [6, 6.07) is 15.4. The van der Waals surface area contributed by atoms with E-state index in [1.165, 1.54) is 22.9 Å². The summed E-state index contributed by atoms with van der Waals surface area (Å²) < 4.78 is 10.2. The van der Waals surface area contributed by atoms with Gasteiger partial charge >= 0.3 is 5.97 Å². The highest BCUT2D eigenvalue weighted by Gasteiger charge is 2.23. The Morgan fingerprint density at radius 2 is 1.80 bits per heavy atom. The fourth-order valence-corrected chi connectivity index (χ4v) is 4.64. The Hall–Kier alpha value is -2.88. The molecule has 1 heterocycles. The first kappa shape index (κ1) is 26.7. The Morgan fingerprint density at radius 3 is 2.54 bits per heavy atom. The zero-order chi connectivity index (χ0) is 25.0. The van der Waals surface area contributed by atoms with Crippen molar-refractivity contribution in [1.29, 1.82) is 0 Å². The number of hydrogen-bond donors (Lipinski definition) is 1. The van der Waals surface area contributed by atoms with Crippen molar-refractivity contribution in [2.24, 2.45) is 0 Å². The van der Waals surface area contributed by atoms with Crippen LogP contribution < -0.4 is 5.32 Å². The van der Waals surface area contributed by atoms with Crippen LogP contribution in [-0.2, 0) is 25.6 Å². The molecule has 3 rings (SSSR count). The van der Waals surface area contributed by atoms with E-state index in [1.807, 2.05) is 0 Å². The van der Waals surface area contributed by atoms with Crippen LogP contribution in [0.5, 0.6) is 0 Å². The van der Waals surface area contributed by atoms with E-state index in [0.29, 0.717) is 36.7 Å². The van der Waals surface area contributed by atoms with Crippen LogP contribution in [-0.4, -0.2) is 86.4 Å². The largest absolute Gasteiger partial charge is 0.452 e. The second kappa shape index (κ2) is 13.9. The van der Waals surface area contributed by atoms with Crippen molar-refractivity contribution in [3.63, 3.8) is 0 Å². The molecule has 0 unspecified atom stereocenters. The maximum Gasteiger partial charge on any atom is 0.339 e. The summed E-state index contributed by atoms with van der Waals surface area (Å²) in [5, 5.41) is 2.74. The van der Waals surface area contributed by atoms with E-state index in [1.54, 1.807) is 36.3 Å². The highest BCUT2D eigenvalue weighted by atomic mass is 32.2. The van der Waals surface area contributed by atoms with Crippen LogP contribution in [0.3, 0.4) is 0 Å². The molecule has 1 aliphatic heterocycles. The van der Waals surface area contributed by atoms with Gasteiger partial charge in [0.05, 0.1) is 17.9 Å². The molecule has 0 bridgehead atoms. The van der Waals surface area contributed by atoms with Gasteiger partial charge in [-0.05, 0) is 24.6 Å². The average Bonchev–Trinajstić information content (AvgIpc) is 2.86. The third-order valence-electron chi connectivity index (χ3n) is 5.63. The summed E-state index contributed by atoms with van der Waals surface area (Å²) in [6.45, 7) is 6.28. The van der Waals surface area contributed by atoms with Gasteiger partial charge in [0.25, 0.3) is 5.91 Å². The van der Waals surface area contributed by atoms with Gasteiger partial charge in [0.1, 0.15) is 0 Å². The third kappa shape index (κ3) is 8.69. The second-order valence-electron chi connectivity index (χ2n) is 8.35. The summed E-state index contributed by atoms with van der Waals surface area (Å²) >= 11 is 1.25. The van der Waals surface area contributed by atoms with Crippen molar-refractivity contribution in [2.75, 3.05) is 58.8 Å². The maximum atomic E-state index is 12.7. The van der Waals surface area contributed by atoms with Crippen molar-refractivity contribution < 1.29 is 23.9 Å². The molecule has 0 spiro atoms. The van der Waals surface area contributed by atoms with E-state index in [9.17, 15) is 14.4 Å². The van der Waals surface area contributed by atoms with Crippen LogP contribution in [0.1, 0.15) is 21.5 Å². The number of hydrogen-bond acceptors (Lipinski definition) is 7. The molecule has 1 aliphatic rings. The van der Waals surface area contributed by atoms with Gasteiger partial charge in [0.2, 0.25) is 5.91 Å². The number of carbonyl (C=O) groups excluding carboxylic acids is 3. The molecule has 188 valence electrons. The van der Waals surface area contributed by atoms with Gasteiger partial charge < -0.3 is 19.7 Å². The predicted molar refractivity (Wildman–Crippen MR) is 135 cm³/mol. The van der Waals surface area contributed by atoms with Crippen LogP contribution in [0.2, 0.25) is 0 Å². The number of amides is 2. The van der Waals surface area contributed by atoms with Crippen LogP contribution in [0, 0.1) is 6.92 Å². The van der Waals surface area contributed by atoms with Gasteiger partial charge in [-0.2, -0.15) is 0 Å². The number of aryl methyl sites for hydroxylation is 1. The van der Waals surface area contributed by atoms with Gasteiger partial charge in [0, 0.05) is 51.3 Å². The molecule has 0 aliphatic carbocycles. The molecule has 0 aromatic heterocycles. The molecule has 2 aromatic carbocycles. The van der Waals surface area contributed by atoms with Crippen molar-refractivity contribution >= 4 is 29.5 Å². The van der Waals surface area contributed by atoms with E-state index in [2.05, 4.69) is 41.4 Å². The van der Waals surface area contributed by atoms with E-state index in [-0.39, 0.29) is 24.2 Å². The number of ether oxygens (including phenoxy) is 2. The second-order valence-corrected chi connectivity index (χ2v) is 9.37. The van der Waals surface area contributed by atoms with Crippen molar-refractivity contribution in [3.05, 3.63) is 65.2 Å². The monoisotopic (exact) mass is 499 g/mol. The Balaban J connectivity index is 1.43. The van der Waals surface area contributed by atoms with E-state index in [4.69, 9.17) is 9.47 Å². The molecule has 0 radical (unpaired) electrons. The van der Waals surface area contributed by atoms with Gasteiger partial charge in [-0.15, -0.1) is 11.8 Å². The maximum absolute atomic E-state index is 12.7. The van der Waals surface area contributed by atoms with Gasteiger partial charge in [-0.1, -0.05) is 42.0 Å².